The summed E-state index contributed by atoms with van der Waals surface area (Å²) in [7, 11) is 3.19. The average Bonchev–Trinajstić information content (AvgIpc) is 2.53. The summed E-state index contributed by atoms with van der Waals surface area (Å²) in [6.07, 6.45) is 0. The van der Waals surface area contributed by atoms with Gasteiger partial charge in [0.15, 0.2) is 11.5 Å². The molecule has 108 valence electrons. The number of nitrogens with zero attached hydrogens (tertiary/aromatic N) is 1. The molecule has 0 aliphatic carbocycles. The van der Waals surface area contributed by atoms with Gasteiger partial charge in [-0.3, -0.25) is 0 Å². The van der Waals surface area contributed by atoms with Gasteiger partial charge in [0.25, 0.3) is 0 Å². The minimum absolute atomic E-state index is 0.285. The van der Waals surface area contributed by atoms with Gasteiger partial charge in [-0.2, -0.15) is 5.26 Å². The second-order valence-corrected chi connectivity index (χ2v) is 5.73. The third-order valence-corrected chi connectivity index (χ3v) is 4.26. The monoisotopic (exact) mass is 299 g/mol. The number of aryl methyl sites for hydroxylation is 1. The molecule has 0 heterocycles. The van der Waals surface area contributed by atoms with Crippen LogP contribution in [0.4, 0.5) is 0 Å². The van der Waals surface area contributed by atoms with Crippen molar-refractivity contribution in [3.8, 4) is 17.6 Å². The van der Waals surface area contributed by atoms with Gasteiger partial charge in [-0.1, -0.05) is 23.8 Å². The van der Waals surface area contributed by atoms with E-state index in [4.69, 9.17) is 9.47 Å². The van der Waals surface area contributed by atoms with Crippen LogP contribution in [0.5, 0.6) is 11.5 Å². The van der Waals surface area contributed by atoms with Gasteiger partial charge in [-0.05, 0) is 36.8 Å². The summed E-state index contributed by atoms with van der Waals surface area (Å²) in [4.78, 5) is 1.07. The largest absolute Gasteiger partial charge is 0.493 e. The Balaban J connectivity index is 2.25. The molecule has 0 amide bonds. The molecule has 2 aromatic carbocycles. The van der Waals surface area contributed by atoms with Crippen LogP contribution in [0.1, 0.15) is 16.4 Å². The molecule has 2 rings (SSSR count). The van der Waals surface area contributed by atoms with Gasteiger partial charge in [-0.25, -0.2) is 0 Å². The zero-order chi connectivity index (χ0) is 15.2. The van der Waals surface area contributed by atoms with Crippen LogP contribution in [-0.4, -0.2) is 14.2 Å². The molecule has 3 nitrogen and oxygen atoms in total. The highest BCUT2D eigenvalue weighted by Gasteiger charge is 2.15. The highest BCUT2D eigenvalue weighted by molar-refractivity contribution is 7.99. The lowest BCUT2D eigenvalue weighted by atomic mass is 10.1. The number of hydrogen-bond donors (Lipinski definition) is 0. The van der Waals surface area contributed by atoms with Crippen LogP contribution in [0.25, 0.3) is 0 Å². The normalized spacial score (nSPS) is 11.5. The fourth-order valence-corrected chi connectivity index (χ4v) is 2.84. The summed E-state index contributed by atoms with van der Waals surface area (Å²) in [6.45, 7) is 2.05. The van der Waals surface area contributed by atoms with Crippen molar-refractivity contribution in [3.05, 3.63) is 53.6 Å². The first-order chi connectivity index (χ1) is 10.2. The summed E-state index contributed by atoms with van der Waals surface area (Å²) in [6, 6.07) is 16.1. The highest BCUT2D eigenvalue weighted by atomic mass is 32.2. The first-order valence-electron chi connectivity index (χ1n) is 6.52. The summed E-state index contributed by atoms with van der Waals surface area (Å²) in [5, 5.41) is 9.16. The van der Waals surface area contributed by atoms with Crippen molar-refractivity contribution >= 4 is 11.8 Å². The Hall–Kier alpha value is -2.12. The number of thioether (sulfide) groups is 1. The zero-order valence-corrected chi connectivity index (χ0v) is 13.1. The van der Waals surface area contributed by atoms with E-state index in [2.05, 4.69) is 6.07 Å². The number of ether oxygens (including phenoxy) is 2. The Kier molecular flexibility index (Phi) is 5.13. The summed E-state index contributed by atoms with van der Waals surface area (Å²) in [5.41, 5.74) is 2.11. The van der Waals surface area contributed by atoms with E-state index in [1.165, 1.54) is 17.3 Å². The van der Waals surface area contributed by atoms with Crippen LogP contribution in [0, 0.1) is 18.3 Å². The summed E-state index contributed by atoms with van der Waals surface area (Å²) in [5.74, 6) is 1.30. The van der Waals surface area contributed by atoms with Crippen molar-refractivity contribution < 1.29 is 9.47 Å². The molecule has 0 N–H and O–H groups in total. The number of benzene rings is 2. The lowest BCUT2D eigenvalue weighted by molar-refractivity contribution is 0.354. The Labute approximate surface area is 129 Å². The van der Waals surface area contributed by atoms with Crippen molar-refractivity contribution in [1.29, 1.82) is 5.26 Å². The summed E-state index contributed by atoms with van der Waals surface area (Å²) < 4.78 is 10.5. The van der Waals surface area contributed by atoms with E-state index in [1.54, 1.807) is 14.2 Å². The van der Waals surface area contributed by atoms with Gasteiger partial charge in [0.1, 0.15) is 5.25 Å². The van der Waals surface area contributed by atoms with E-state index in [9.17, 15) is 5.26 Å². The lowest BCUT2D eigenvalue weighted by Gasteiger charge is -2.13. The molecule has 2 aromatic rings. The lowest BCUT2D eigenvalue weighted by Crippen LogP contribution is -1.95. The van der Waals surface area contributed by atoms with Crippen molar-refractivity contribution in [2.24, 2.45) is 0 Å². The quantitative estimate of drug-likeness (QED) is 0.769. The Morgan fingerprint density at radius 1 is 1.00 bits per heavy atom. The van der Waals surface area contributed by atoms with Crippen molar-refractivity contribution in [2.45, 2.75) is 17.1 Å². The first kappa shape index (κ1) is 15.3. The third-order valence-electron chi connectivity index (χ3n) is 3.10. The molecule has 0 radical (unpaired) electrons. The fourth-order valence-electron chi connectivity index (χ4n) is 1.94. The molecule has 21 heavy (non-hydrogen) atoms. The third kappa shape index (κ3) is 3.71. The molecule has 0 fully saturated rings. The van der Waals surface area contributed by atoms with Crippen LogP contribution >= 0.6 is 11.8 Å². The standard InChI is InChI=1S/C17H17NO2S/c1-12-4-7-14(8-5-12)21-17(11-18)13-6-9-15(19-2)16(10-13)20-3/h4-10,17H,1-3H3/t17-/m1/s1. The van der Waals surface area contributed by atoms with Gasteiger partial charge in [0.2, 0.25) is 0 Å². The molecule has 0 saturated carbocycles. The molecular weight excluding hydrogens is 282 g/mol. The topological polar surface area (TPSA) is 42.2 Å². The maximum absolute atomic E-state index is 9.44. The van der Waals surface area contributed by atoms with Crippen LogP contribution in [0.15, 0.2) is 47.4 Å². The average molecular weight is 299 g/mol. The minimum atomic E-state index is -0.285. The second-order valence-electron chi connectivity index (χ2n) is 4.55. The van der Waals surface area contributed by atoms with E-state index in [1.807, 2.05) is 49.4 Å². The minimum Gasteiger partial charge on any atom is -0.493 e. The Morgan fingerprint density at radius 3 is 2.24 bits per heavy atom. The van der Waals surface area contributed by atoms with E-state index in [0.717, 1.165) is 10.5 Å². The smallest absolute Gasteiger partial charge is 0.161 e. The number of rotatable bonds is 5. The van der Waals surface area contributed by atoms with Gasteiger partial charge < -0.3 is 9.47 Å². The van der Waals surface area contributed by atoms with Crippen molar-refractivity contribution in [3.63, 3.8) is 0 Å². The zero-order valence-electron chi connectivity index (χ0n) is 12.3. The molecule has 0 aromatic heterocycles. The first-order valence-corrected chi connectivity index (χ1v) is 7.40. The predicted octanol–water partition coefficient (Wildman–Crippen LogP) is 4.37. The molecule has 4 heteroatoms. The SMILES string of the molecule is COc1ccc([C@@H](C#N)Sc2ccc(C)cc2)cc1OC. The van der Waals surface area contributed by atoms with E-state index in [0.29, 0.717) is 11.5 Å². The highest BCUT2D eigenvalue weighted by Crippen LogP contribution is 2.38. The van der Waals surface area contributed by atoms with Gasteiger partial charge in [0, 0.05) is 4.90 Å². The van der Waals surface area contributed by atoms with Crippen LogP contribution in [0.2, 0.25) is 0 Å². The molecule has 0 aliphatic heterocycles. The van der Waals surface area contributed by atoms with Crippen molar-refractivity contribution in [1.82, 2.24) is 0 Å². The Bertz CT molecular complexity index is 647. The molecule has 0 spiro atoms. The maximum atomic E-state index is 9.44. The van der Waals surface area contributed by atoms with Crippen molar-refractivity contribution in [2.75, 3.05) is 14.2 Å². The van der Waals surface area contributed by atoms with E-state index >= 15 is 0 Å². The molecule has 1 atom stereocenters. The number of methoxy groups -OCH3 is 2. The molecule has 0 bridgehead atoms. The molecule has 0 saturated heterocycles. The number of hydrogen-bond acceptors (Lipinski definition) is 4. The fraction of sp³-hybridized carbons (Fsp3) is 0.235. The van der Waals surface area contributed by atoms with Gasteiger partial charge >= 0.3 is 0 Å². The predicted molar refractivity (Wildman–Crippen MR) is 84.9 cm³/mol. The van der Waals surface area contributed by atoms with Gasteiger partial charge in [-0.15, -0.1) is 11.8 Å². The summed E-state index contributed by atoms with van der Waals surface area (Å²) >= 11 is 1.53. The molecule has 0 aliphatic rings. The van der Waals surface area contributed by atoms with E-state index < -0.39 is 0 Å². The maximum Gasteiger partial charge on any atom is 0.161 e. The van der Waals surface area contributed by atoms with E-state index in [-0.39, 0.29) is 5.25 Å². The van der Waals surface area contributed by atoms with Gasteiger partial charge in [0.05, 0.1) is 20.3 Å². The van der Waals surface area contributed by atoms with Crippen LogP contribution in [0.3, 0.4) is 0 Å². The molecular formula is C17H17NO2S. The van der Waals surface area contributed by atoms with Crippen LogP contribution < -0.4 is 9.47 Å². The van der Waals surface area contributed by atoms with Crippen LogP contribution in [-0.2, 0) is 0 Å². The Morgan fingerprint density at radius 2 is 1.67 bits per heavy atom. The molecule has 0 unspecified atom stereocenters. The second kappa shape index (κ2) is 7.05. The number of nitriles is 1.